The normalized spacial score (nSPS) is 12.7. The molecule has 0 radical (unpaired) electrons. The zero-order valence-electron chi connectivity index (χ0n) is 12.3. The number of sulfonamides is 1. The first-order chi connectivity index (χ1) is 9.89. The predicted molar refractivity (Wildman–Crippen MR) is 86.0 cm³/mol. The predicted octanol–water partition coefficient (Wildman–Crippen LogP) is 1.32. The molecule has 8 heteroatoms. The van der Waals surface area contributed by atoms with Gasteiger partial charge in [0.25, 0.3) is 0 Å². The number of rotatable bonds is 7. The highest BCUT2D eigenvalue weighted by atomic mass is 32.2. The Hall–Kier alpha value is -1.25. The minimum atomic E-state index is -3.30. The molecule has 118 valence electrons. The number of nitrogens with one attached hydrogen (secondary N) is 3. The number of amides is 2. The van der Waals surface area contributed by atoms with Crippen molar-refractivity contribution in [1.82, 2.24) is 15.4 Å². The average Bonchev–Trinajstić information content (AvgIpc) is 2.46. The van der Waals surface area contributed by atoms with Crippen LogP contribution in [0.4, 0.5) is 4.79 Å². The summed E-state index contributed by atoms with van der Waals surface area (Å²) in [6.45, 7) is 1.95. The number of carbonyl (C=O) groups excluding carboxylic acids is 1. The Morgan fingerprint density at radius 2 is 2.00 bits per heavy atom. The van der Waals surface area contributed by atoms with E-state index in [4.69, 9.17) is 0 Å². The molecule has 0 heterocycles. The van der Waals surface area contributed by atoms with E-state index < -0.39 is 10.0 Å². The van der Waals surface area contributed by atoms with Crippen LogP contribution in [0.3, 0.4) is 0 Å². The van der Waals surface area contributed by atoms with Gasteiger partial charge in [-0.15, -0.1) is 11.8 Å². The van der Waals surface area contributed by atoms with E-state index in [2.05, 4.69) is 15.4 Å². The number of thioether (sulfide) groups is 1. The minimum absolute atomic E-state index is 0.0614. The Morgan fingerprint density at radius 3 is 2.62 bits per heavy atom. The topological polar surface area (TPSA) is 87.3 Å². The van der Waals surface area contributed by atoms with Crippen molar-refractivity contribution in [3.8, 4) is 0 Å². The fourth-order valence-electron chi connectivity index (χ4n) is 1.75. The second-order valence-corrected chi connectivity index (χ2v) is 7.28. The number of urea groups is 1. The van der Waals surface area contributed by atoms with Gasteiger partial charge in [-0.1, -0.05) is 18.2 Å². The van der Waals surface area contributed by atoms with Crippen molar-refractivity contribution in [3.63, 3.8) is 0 Å². The molecule has 21 heavy (non-hydrogen) atoms. The van der Waals surface area contributed by atoms with Gasteiger partial charge >= 0.3 is 6.03 Å². The number of hydrogen-bond donors (Lipinski definition) is 3. The van der Waals surface area contributed by atoms with E-state index in [0.717, 1.165) is 10.5 Å². The maximum Gasteiger partial charge on any atom is 0.315 e. The van der Waals surface area contributed by atoms with Gasteiger partial charge in [0.15, 0.2) is 0 Å². The van der Waals surface area contributed by atoms with E-state index in [1.807, 2.05) is 37.4 Å². The Balaban J connectivity index is 2.51. The smallest absolute Gasteiger partial charge is 0.315 e. The first kappa shape index (κ1) is 17.8. The third-order valence-corrected chi connectivity index (χ3v) is 5.10. The molecule has 3 N–H and O–H groups in total. The molecule has 0 aliphatic carbocycles. The number of carbonyl (C=O) groups is 1. The molecule has 6 nitrogen and oxygen atoms in total. The van der Waals surface area contributed by atoms with Gasteiger partial charge in [-0.2, -0.15) is 0 Å². The summed E-state index contributed by atoms with van der Waals surface area (Å²) in [6, 6.07) is 7.28. The molecule has 1 aromatic carbocycles. The molecule has 0 unspecified atom stereocenters. The Bertz CT molecular complexity index is 576. The first-order valence-electron chi connectivity index (χ1n) is 6.48. The van der Waals surface area contributed by atoms with Crippen molar-refractivity contribution < 1.29 is 13.2 Å². The lowest BCUT2D eigenvalue weighted by Crippen LogP contribution is -2.40. The van der Waals surface area contributed by atoms with Crippen LogP contribution in [-0.2, 0) is 10.0 Å². The van der Waals surface area contributed by atoms with Gasteiger partial charge in [0.1, 0.15) is 0 Å². The zero-order valence-corrected chi connectivity index (χ0v) is 14.0. The second kappa shape index (κ2) is 8.26. The first-order valence-corrected chi connectivity index (χ1v) is 9.36. The lowest BCUT2D eigenvalue weighted by atomic mass is 10.1. The highest BCUT2D eigenvalue weighted by molar-refractivity contribution is 7.98. The second-order valence-electron chi connectivity index (χ2n) is 4.39. The molecule has 0 saturated heterocycles. The number of hydrogen-bond acceptors (Lipinski definition) is 4. The summed E-state index contributed by atoms with van der Waals surface area (Å²) in [5.41, 5.74) is 1.03. The summed E-state index contributed by atoms with van der Waals surface area (Å²) in [6.07, 6.45) is 1.98. The van der Waals surface area contributed by atoms with Gasteiger partial charge in [-0.3, -0.25) is 0 Å². The van der Waals surface area contributed by atoms with Crippen molar-refractivity contribution in [1.29, 1.82) is 0 Å². The molecular formula is C13H21N3O3S2. The fourth-order valence-corrected chi connectivity index (χ4v) is 3.02. The van der Waals surface area contributed by atoms with Crippen molar-refractivity contribution in [2.75, 3.05) is 25.6 Å². The van der Waals surface area contributed by atoms with Crippen molar-refractivity contribution >= 4 is 27.8 Å². The van der Waals surface area contributed by atoms with Gasteiger partial charge in [0.2, 0.25) is 10.0 Å². The average molecular weight is 331 g/mol. The van der Waals surface area contributed by atoms with Crippen molar-refractivity contribution in [2.45, 2.75) is 17.9 Å². The van der Waals surface area contributed by atoms with E-state index in [9.17, 15) is 13.2 Å². The standard InChI is InChI=1S/C13H21N3O3S2/c1-10(11-6-4-5-7-12(11)20-3)16-13(17)15-8-9-21(18,19)14-2/h4-7,10,14H,8-9H2,1-3H3,(H2,15,16,17)/t10-/m1/s1. The lowest BCUT2D eigenvalue weighted by Gasteiger charge is -2.17. The summed E-state index contributed by atoms with van der Waals surface area (Å²) in [4.78, 5) is 12.9. The molecule has 1 atom stereocenters. The monoisotopic (exact) mass is 331 g/mol. The third-order valence-electron chi connectivity index (χ3n) is 2.92. The molecule has 0 aliphatic heterocycles. The largest absolute Gasteiger partial charge is 0.337 e. The molecule has 2 amide bonds. The van der Waals surface area contributed by atoms with Crippen LogP contribution in [0.1, 0.15) is 18.5 Å². The van der Waals surface area contributed by atoms with Crippen molar-refractivity contribution in [3.05, 3.63) is 29.8 Å². The number of benzene rings is 1. The van der Waals surface area contributed by atoms with Gasteiger partial charge in [-0.05, 0) is 31.9 Å². The van der Waals surface area contributed by atoms with Gasteiger partial charge in [0.05, 0.1) is 11.8 Å². The van der Waals surface area contributed by atoms with E-state index in [1.165, 1.54) is 7.05 Å². The van der Waals surface area contributed by atoms with E-state index in [-0.39, 0.29) is 24.4 Å². The van der Waals surface area contributed by atoms with Crippen LogP contribution in [0, 0.1) is 0 Å². The summed E-state index contributed by atoms with van der Waals surface area (Å²) in [5, 5.41) is 5.33. The van der Waals surface area contributed by atoms with E-state index >= 15 is 0 Å². The van der Waals surface area contributed by atoms with Crippen LogP contribution in [0.25, 0.3) is 0 Å². The van der Waals surface area contributed by atoms with Crippen LogP contribution in [0.15, 0.2) is 29.2 Å². The Labute approximate surface area is 130 Å². The molecule has 1 aromatic rings. The van der Waals surface area contributed by atoms with Crippen LogP contribution < -0.4 is 15.4 Å². The minimum Gasteiger partial charge on any atom is -0.337 e. The van der Waals surface area contributed by atoms with Gasteiger partial charge in [0, 0.05) is 11.4 Å². The molecule has 0 saturated carbocycles. The summed E-state index contributed by atoms with van der Waals surface area (Å²) < 4.78 is 24.6. The maximum absolute atomic E-state index is 11.8. The fraction of sp³-hybridized carbons (Fsp3) is 0.462. The summed E-state index contributed by atoms with van der Waals surface area (Å²) in [5.74, 6) is -0.146. The molecule has 1 rings (SSSR count). The van der Waals surface area contributed by atoms with E-state index in [0.29, 0.717) is 0 Å². The third kappa shape index (κ3) is 5.94. The highest BCUT2D eigenvalue weighted by Gasteiger charge is 2.13. The highest BCUT2D eigenvalue weighted by Crippen LogP contribution is 2.25. The molecule has 0 aromatic heterocycles. The van der Waals surface area contributed by atoms with Crippen LogP contribution >= 0.6 is 11.8 Å². The Kier molecular flexibility index (Phi) is 7.00. The molecule has 0 fully saturated rings. The summed E-state index contributed by atoms with van der Waals surface area (Å²) in [7, 11) is -1.96. The van der Waals surface area contributed by atoms with Crippen molar-refractivity contribution in [2.24, 2.45) is 0 Å². The van der Waals surface area contributed by atoms with Gasteiger partial charge in [-0.25, -0.2) is 17.9 Å². The zero-order chi connectivity index (χ0) is 15.9. The summed E-state index contributed by atoms with van der Waals surface area (Å²) >= 11 is 1.62. The molecular weight excluding hydrogens is 310 g/mol. The SMILES string of the molecule is CNS(=O)(=O)CCNC(=O)N[C@H](C)c1ccccc1SC. The lowest BCUT2D eigenvalue weighted by molar-refractivity contribution is 0.238. The van der Waals surface area contributed by atoms with Crippen LogP contribution in [0.2, 0.25) is 0 Å². The van der Waals surface area contributed by atoms with Gasteiger partial charge < -0.3 is 10.6 Å². The molecule has 0 spiro atoms. The molecule has 0 bridgehead atoms. The van der Waals surface area contributed by atoms with E-state index in [1.54, 1.807) is 11.8 Å². The van der Waals surface area contributed by atoms with Crippen LogP contribution in [0.5, 0.6) is 0 Å². The van der Waals surface area contributed by atoms with Crippen LogP contribution in [-0.4, -0.2) is 40.0 Å². The molecule has 0 aliphatic rings. The maximum atomic E-state index is 11.8. The Morgan fingerprint density at radius 1 is 1.33 bits per heavy atom. The quantitative estimate of drug-likeness (QED) is 0.658.